The van der Waals surface area contributed by atoms with E-state index in [4.69, 9.17) is 0 Å². The SMILES string of the molecule is Cc1ccc(C(NC(=O)c2ccc(Sc3nncn3C)c([N+](=O)[O-])c2)C2CC2)cc1. The number of aryl methyl sites for hydroxylation is 2. The number of hydrogen-bond donors (Lipinski definition) is 1. The van der Waals surface area contributed by atoms with Crippen LogP contribution in [0.4, 0.5) is 5.69 Å². The van der Waals surface area contributed by atoms with Crippen molar-refractivity contribution in [3.8, 4) is 0 Å². The van der Waals surface area contributed by atoms with Gasteiger partial charge in [-0.1, -0.05) is 29.8 Å². The lowest BCUT2D eigenvalue weighted by Gasteiger charge is -2.19. The van der Waals surface area contributed by atoms with Crippen molar-refractivity contribution in [2.45, 2.75) is 35.9 Å². The average Bonchev–Trinajstić information content (AvgIpc) is 3.49. The molecule has 1 aromatic heterocycles. The number of benzene rings is 2. The Bertz CT molecular complexity index is 1090. The number of carbonyl (C=O) groups is 1. The van der Waals surface area contributed by atoms with Gasteiger partial charge in [0.2, 0.25) is 0 Å². The van der Waals surface area contributed by atoms with Crippen molar-refractivity contribution < 1.29 is 9.72 Å². The lowest BCUT2D eigenvalue weighted by molar-refractivity contribution is -0.387. The fourth-order valence-corrected chi connectivity index (χ4v) is 4.10. The minimum absolute atomic E-state index is 0.0927. The van der Waals surface area contributed by atoms with Gasteiger partial charge in [-0.05, 0) is 55.1 Å². The molecule has 1 fully saturated rings. The summed E-state index contributed by atoms with van der Waals surface area (Å²) in [4.78, 5) is 24.5. The molecule has 0 radical (unpaired) electrons. The van der Waals surface area contributed by atoms with E-state index >= 15 is 0 Å². The molecular formula is C21H21N5O3S. The predicted molar refractivity (Wildman–Crippen MR) is 112 cm³/mol. The van der Waals surface area contributed by atoms with Crippen LogP contribution in [0, 0.1) is 23.0 Å². The van der Waals surface area contributed by atoms with Crippen molar-refractivity contribution in [3.05, 3.63) is 75.6 Å². The largest absolute Gasteiger partial charge is 0.345 e. The molecule has 1 saturated carbocycles. The number of aromatic nitrogens is 3. The van der Waals surface area contributed by atoms with E-state index in [1.807, 2.05) is 31.2 Å². The van der Waals surface area contributed by atoms with Gasteiger partial charge in [-0.15, -0.1) is 10.2 Å². The summed E-state index contributed by atoms with van der Waals surface area (Å²) in [6.07, 6.45) is 3.65. The first-order chi connectivity index (χ1) is 14.4. The van der Waals surface area contributed by atoms with E-state index in [1.165, 1.54) is 12.4 Å². The molecule has 0 saturated heterocycles. The lowest BCUT2D eigenvalue weighted by atomic mass is 10.0. The molecule has 1 amide bonds. The van der Waals surface area contributed by atoms with Gasteiger partial charge in [0.05, 0.1) is 15.9 Å². The van der Waals surface area contributed by atoms with Crippen LogP contribution < -0.4 is 5.32 Å². The standard InChI is InChI=1S/C21H21N5O3S/c1-13-3-5-14(6-4-13)19(15-7-8-15)23-20(27)16-9-10-18(17(11-16)26(28)29)30-21-24-22-12-25(21)2/h3-6,9-12,15,19H,7-8H2,1-2H3,(H,23,27). The molecule has 0 spiro atoms. The number of amides is 1. The molecular weight excluding hydrogens is 402 g/mol. The Balaban J connectivity index is 1.57. The van der Waals surface area contributed by atoms with Gasteiger partial charge in [0.25, 0.3) is 11.6 Å². The smallest absolute Gasteiger partial charge is 0.284 e. The molecule has 0 aliphatic heterocycles. The Hall–Kier alpha value is -3.20. The van der Waals surface area contributed by atoms with Crippen molar-refractivity contribution in [1.29, 1.82) is 0 Å². The Kier molecular flexibility index (Phi) is 5.54. The normalized spacial score (nSPS) is 14.3. The summed E-state index contributed by atoms with van der Waals surface area (Å²) in [5, 5.41) is 23.0. The Morgan fingerprint density at radius 1 is 1.27 bits per heavy atom. The van der Waals surface area contributed by atoms with Crippen molar-refractivity contribution in [2.75, 3.05) is 0 Å². The molecule has 1 heterocycles. The van der Waals surface area contributed by atoms with E-state index in [2.05, 4.69) is 15.5 Å². The maximum Gasteiger partial charge on any atom is 0.284 e. The maximum absolute atomic E-state index is 12.9. The van der Waals surface area contributed by atoms with Gasteiger partial charge >= 0.3 is 0 Å². The lowest BCUT2D eigenvalue weighted by Crippen LogP contribution is -2.30. The van der Waals surface area contributed by atoms with Crippen molar-refractivity contribution in [2.24, 2.45) is 13.0 Å². The van der Waals surface area contributed by atoms with Crippen LogP contribution in [0.2, 0.25) is 0 Å². The van der Waals surface area contributed by atoms with E-state index in [0.29, 0.717) is 16.0 Å². The number of nitrogens with zero attached hydrogens (tertiary/aromatic N) is 4. The zero-order valence-corrected chi connectivity index (χ0v) is 17.4. The third-order valence-corrected chi connectivity index (χ3v) is 6.22. The van der Waals surface area contributed by atoms with Gasteiger partial charge in [0, 0.05) is 18.7 Å². The molecule has 1 unspecified atom stereocenters. The number of nitro groups is 1. The van der Waals surface area contributed by atoms with E-state index in [1.54, 1.807) is 23.7 Å². The topological polar surface area (TPSA) is 103 Å². The van der Waals surface area contributed by atoms with Crippen LogP contribution in [0.3, 0.4) is 0 Å². The monoisotopic (exact) mass is 423 g/mol. The minimum atomic E-state index is -0.478. The van der Waals surface area contributed by atoms with E-state index in [-0.39, 0.29) is 23.2 Å². The number of nitro benzene ring substituents is 1. The third kappa shape index (κ3) is 4.35. The zero-order valence-electron chi connectivity index (χ0n) is 16.6. The molecule has 9 heteroatoms. The van der Waals surface area contributed by atoms with Gasteiger partial charge in [-0.3, -0.25) is 14.9 Å². The van der Waals surface area contributed by atoms with E-state index in [0.717, 1.165) is 35.7 Å². The molecule has 154 valence electrons. The second kappa shape index (κ2) is 8.27. The third-order valence-electron chi connectivity index (χ3n) is 5.11. The quantitative estimate of drug-likeness (QED) is 0.454. The fraction of sp³-hybridized carbons (Fsp3) is 0.286. The second-order valence-corrected chi connectivity index (χ2v) is 8.47. The maximum atomic E-state index is 12.9. The first-order valence-electron chi connectivity index (χ1n) is 9.60. The molecule has 1 aliphatic rings. The Morgan fingerprint density at radius 3 is 2.60 bits per heavy atom. The summed E-state index contributed by atoms with van der Waals surface area (Å²) >= 11 is 1.14. The number of carbonyl (C=O) groups excluding carboxylic acids is 1. The summed E-state index contributed by atoms with van der Waals surface area (Å²) in [5.41, 5.74) is 2.35. The van der Waals surface area contributed by atoms with Crippen molar-refractivity contribution in [1.82, 2.24) is 20.1 Å². The summed E-state index contributed by atoms with van der Waals surface area (Å²) in [7, 11) is 1.76. The summed E-state index contributed by atoms with van der Waals surface area (Å²) in [5.74, 6) is 0.0863. The van der Waals surface area contributed by atoms with E-state index < -0.39 is 4.92 Å². The molecule has 1 aliphatic carbocycles. The Morgan fingerprint density at radius 2 is 2.00 bits per heavy atom. The molecule has 4 rings (SSSR count). The van der Waals surface area contributed by atoms with Gasteiger partial charge in [0.15, 0.2) is 5.16 Å². The van der Waals surface area contributed by atoms with Crippen LogP contribution in [-0.4, -0.2) is 25.6 Å². The average molecular weight is 423 g/mol. The minimum Gasteiger partial charge on any atom is -0.345 e. The van der Waals surface area contributed by atoms with Gasteiger partial charge in [-0.25, -0.2) is 0 Å². The predicted octanol–water partition coefficient (Wildman–Crippen LogP) is 4.06. The fourth-order valence-electron chi connectivity index (χ4n) is 3.25. The molecule has 30 heavy (non-hydrogen) atoms. The van der Waals surface area contributed by atoms with Crippen LogP contribution in [0.1, 0.15) is 40.4 Å². The first kappa shape index (κ1) is 20.1. The molecule has 1 N–H and O–H groups in total. The highest BCUT2D eigenvalue weighted by atomic mass is 32.2. The highest BCUT2D eigenvalue weighted by Gasteiger charge is 2.34. The summed E-state index contributed by atoms with van der Waals surface area (Å²) in [6.45, 7) is 2.02. The molecule has 1 atom stereocenters. The number of nitrogens with one attached hydrogen (secondary N) is 1. The second-order valence-electron chi connectivity index (χ2n) is 7.47. The Labute approximate surface area is 177 Å². The van der Waals surface area contributed by atoms with Crippen LogP contribution in [-0.2, 0) is 7.05 Å². The van der Waals surface area contributed by atoms with Crippen molar-refractivity contribution in [3.63, 3.8) is 0 Å². The van der Waals surface area contributed by atoms with Crippen LogP contribution in [0.25, 0.3) is 0 Å². The highest BCUT2D eigenvalue weighted by molar-refractivity contribution is 7.99. The van der Waals surface area contributed by atoms with Gasteiger partial charge in [0.1, 0.15) is 6.33 Å². The number of hydrogen-bond acceptors (Lipinski definition) is 6. The summed E-state index contributed by atoms with van der Waals surface area (Å²) < 4.78 is 1.68. The van der Waals surface area contributed by atoms with Crippen LogP contribution >= 0.6 is 11.8 Å². The molecule has 2 aromatic carbocycles. The molecule has 3 aromatic rings. The first-order valence-corrected chi connectivity index (χ1v) is 10.4. The molecule has 0 bridgehead atoms. The van der Waals surface area contributed by atoms with Crippen molar-refractivity contribution >= 4 is 23.4 Å². The van der Waals surface area contributed by atoms with Crippen LogP contribution in [0.15, 0.2) is 58.8 Å². The van der Waals surface area contributed by atoms with Gasteiger partial charge in [-0.2, -0.15) is 0 Å². The summed E-state index contributed by atoms with van der Waals surface area (Å²) in [6, 6.07) is 12.5. The zero-order chi connectivity index (χ0) is 21.3. The van der Waals surface area contributed by atoms with Crippen LogP contribution in [0.5, 0.6) is 0 Å². The van der Waals surface area contributed by atoms with Gasteiger partial charge < -0.3 is 9.88 Å². The van der Waals surface area contributed by atoms with E-state index in [9.17, 15) is 14.9 Å². The molecule has 8 nitrogen and oxygen atoms in total. The number of rotatable bonds is 7. The highest BCUT2D eigenvalue weighted by Crippen LogP contribution is 2.41.